The van der Waals surface area contributed by atoms with Crippen molar-refractivity contribution in [2.24, 2.45) is 0 Å². The van der Waals surface area contributed by atoms with Gasteiger partial charge in [-0.15, -0.1) is 11.3 Å². The Kier molecular flexibility index (Phi) is 5.79. The predicted molar refractivity (Wildman–Crippen MR) is 117 cm³/mol. The number of benzene rings is 2. The van der Waals surface area contributed by atoms with Crippen molar-refractivity contribution in [2.75, 3.05) is 12.8 Å². The third-order valence-corrected chi connectivity index (χ3v) is 5.20. The minimum absolute atomic E-state index is 0.0833. The van der Waals surface area contributed by atoms with Crippen LogP contribution in [0.15, 0.2) is 54.9 Å². The number of anilines is 1. The van der Waals surface area contributed by atoms with Crippen LogP contribution in [0.5, 0.6) is 5.75 Å². The van der Waals surface area contributed by atoms with Gasteiger partial charge >= 0.3 is 0 Å². The largest absolute Gasteiger partial charge is 0.497 e. The predicted octanol–water partition coefficient (Wildman–Crippen LogP) is 5.05. The molecule has 0 aliphatic heterocycles. The van der Waals surface area contributed by atoms with Crippen molar-refractivity contribution in [3.63, 3.8) is 0 Å². The van der Waals surface area contributed by atoms with Crippen molar-refractivity contribution >= 4 is 27.2 Å². The molecule has 28 heavy (non-hydrogen) atoms. The summed E-state index contributed by atoms with van der Waals surface area (Å²) < 4.78 is 12.3. The van der Waals surface area contributed by atoms with E-state index in [1.165, 1.54) is 0 Å². The van der Waals surface area contributed by atoms with Crippen LogP contribution in [0.1, 0.15) is 37.4 Å². The molecular formula is C22H27N3O2S. The molecule has 148 valence electrons. The van der Waals surface area contributed by atoms with E-state index in [1.54, 1.807) is 18.4 Å². The van der Waals surface area contributed by atoms with Gasteiger partial charge in [-0.1, -0.05) is 12.1 Å². The van der Waals surface area contributed by atoms with Gasteiger partial charge < -0.3 is 20.5 Å². The quantitative estimate of drug-likeness (QED) is 0.431. The van der Waals surface area contributed by atoms with Crippen LogP contribution in [-0.2, 0) is 11.2 Å². The highest BCUT2D eigenvalue weighted by Gasteiger charge is 2.21. The number of nitrogens with one attached hydrogen (secondary N) is 1. The van der Waals surface area contributed by atoms with E-state index in [-0.39, 0.29) is 11.6 Å². The second kappa shape index (κ2) is 8.10. The molecule has 0 saturated carbocycles. The lowest BCUT2D eigenvalue weighted by molar-refractivity contribution is 0.0383. The smallest absolute Gasteiger partial charge is 0.180 e. The van der Waals surface area contributed by atoms with Crippen molar-refractivity contribution in [3.8, 4) is 5.75 Å². The molecule has 1 aromatic heterocycles. The summed E-state index contributed by atoms with van der Waals surface area (Å²) in [6, 6.07) is 13.7. The fourth-order valence-corrected chi connectivity index (χ4v) is 4.00. The molecule has 5 nitrogen and oxygen atoms in total. The number of ether oxygens (including phenoxy) is 2. The van der Waals surface area contributed by atoms with E-state index in [2.05, 4.69) is 18.0 Å². The highest BCUT2D eigenvalue weighted by molar-refractivity contribution is 7.18. The first-order valence-electron chi connectivity index (χ1n) is 9.17. The summed E-state index contributed by atoms with van der Waals surface area (Å²) in [5.74, 6) is 1.35. The van der Waals surface area contributed by atoms with Gasteiger partial charge in [0.15, 0.2) is 5.88 Å². The Balaban J connectivity index is 1.91. The molecule has 6 heteroatoms. The molecule has 0 radical (unpaired) electrons. The fraction of sp³-hybridized carbons (Fsp3) is 0.318. The Hall–Kier alpha value is -2.73. The number of methoxy groups -OCH3 is 1. The van der Waals surface area contributed by atoms with Crippen LogP contribution < -0.4 is 15.8 Å². The molecule has 0 fully saturated rings. The van der Waals surface area contributed by atoms with Crippen LogP contribution in [0, 0.1) is 0 Å². The number of nitrogen functional groups attached to an aromatic ring is 1. The van der Waals surface area contributed by atoms with Gasteiger partial charge in [-0.25, -0.2) is 4.98 Å². The van der Waals surface area contributed by atoms with Gasteiger partial charge in [0, 0.05) is 5.69 Å². The molecule has 0 saturated heterocycles. The lowest BCUT2D eigenvalue weighted by atomic mass is 10.1. The third kappa shape index (κ3) is 5.16. The topological polar surface area (TPSA) is 69.4 Å². The summed E-state index contributed by atoms with van der Waals surface area (Å²) in [5, 5.41) is 4.37. The summed E-state index contributed by atoms with van der Waals surface area (Å²) in [4.78, 5) is 4.83. The van der Waals surface area contributed by atoms with Crippen LogP contribution in [-0.4, -0.2) is 17.7 Å². The Morgan fingerprint density at radius 1 is 1.25 bits per heavy atom. The minimum atomic E-state index is -0.327. The number of hydrogen-bond acceptors (Lipinski definition) is 6. The zero-order chi connectivity index (χ0) is 20.3. The Bertz CT molecular complexity index is 975. The van der Waals surface area contributed by atoms with Crippen LogP contribution in [0.3, 0.4) is 0 Å². The summed E-state index contributed by atoms with van der Waals surface area (Å²) >= 11 is 1.64. The Morgan fingerprint density at radius 2 is 2.04 bits per heavy atom. The van der Waals surface area contributed by atoms with Crippen molar-refractivity contribution < 1.29 is 9.47 Å². The van der Waals surface area contributed by atoms with Gasteiger partial charge in [-0.05, 0) is 69.7 Å². The highest BCUT2D eigenvalue weighted by Crippen LogP contribution is 2.32. The van der Waals surface area contributed by atoms with Gasteiger partial charge in [0.1, 0.15) is 16.4 Å². The molecule has 0 aliphatic rings. The molecular weight excluding hydrogens is 370 g/mol. The number of aromatic nitrogens is 1. The van der Waals surface area contributed by atoms with E-state index in [1.807, 2.05) is 57.2 Å². The number of nitrogens with two attached hydrogens (primary N) is 1. The van der Waals surface area contributed by atoms with Crippen molar-refractivity contribution in [3.05, 3.63) is 65.5 Å². The number of nitrogens with zero attached hydrogens (tertiary/aromatic N) is 1. The molecule has 1 heterocycles. The summed E-state index contributed by atoms with van der Waals surface area (Å²) in [7, 11) is 1.67. The van der Waals surface area contributed by atoms with Gasteiger partial charge in [0.2, 0.25) is 0 Å². The number of fused-ring (bicyclic) bond motifs is 1. The van der Waals surface area contributed by atoms with E-state index < -0.39 is 0 Å². The maximum Gasteiger partial charge on any atom is 0.180 e. The molecule has 3 N–H and O–H groups in total. The first-order valence-corrected chi connectivity index (χ1v) is 9.98. The van der Waals surface area contributed by atoms with Gasteiger partial charge in [-0.2, -0.15) is 0 Å². The average molecular weight is 398 g/mol. The van der Waals surface area contributed by atoms with E-state index >= 15 is 0 Å². The number of thiazole rings is 1. The minimum Gasteiger partial charge on any atom is -0.497 e. The SMILES string of the molecule is C=C(NC(Cc1cccc(N)c1)c1nc2ccc(OC)cc2s1)OC(C)(C)C. The lowest BCUT2D eigenvalue weighted by Gasteiger charge is -2.26. The van der Waals surface area contributed by atoms with Crippen LogP contribution in [0.25, 0.3) is 10.2 Å². The molecule has 0 aliphatic carbocycles. The molecule has 1 atom stereocenters. The normalized spacial score (nSPS) is 12.6. The Labute approximate surface area is 170 Å². The zero-order valence-electron chi connectivity index (χ0n) is 16.8. The van der Waals surface area contributed by atoms with Crippen LogP contribution in [0.4, 0.5) is 5.69 Å². The van der Waals surface area contributed by atoms with Gasteiger partial charge in [-0.3, -0.25) is 0 Å². The van der Waals surface area contributed by atoms with E-state index in [9.17, 15) is 0 Å². The number of rotatable bonds is 7. The fourth-order valence-electron chi connectivity index (χ4n) is 2.95. The highest BCUT2D eigenvalue weighted by atomic mass is 32.1. The summed E-state index contributed by atoms with van der Waals surface area (Å²) in [5.41, 5.74) is 8.45. The van der Waals surface area contributed by atoms with Crippen LogP contribution in [0.2, 0.25) is 0 Å². The van der Waals surface area contributed by atoms with Gasteiger partial charge in [0.25, 0.3) is 0 Å². The van der Waals surface area contributed by atoms with Crippen molar-refractivity contribution in [1.82, 2.24) is 10.3 Å². The number of hydrogen-bond donors (Lipinski definition) is 2. The van der Waals surface area contributed by atoms with Crippen molar-refractivity contribution in [1.29, 1.82) is 0 Å². The maximum atomic E-state index is 5.96. The second-order valence-corrected chi connectivity index (χ2v) is 8.73. The molecule has 0 bridgehead atoms. The standard InChI is InChI=1S/C22H27N3O2S/c1-14(27-22(2,3)4)24-19(12-15-7-6-8-16(23)11-15)21-25-18-10-9-17(26-5)13-20(18)28-21/h6-11,13,19,24H,1,12,23H2,2-5H3. The monoisotopic (exact) mass is 397 g/mol. The van der Waals surface area contributed by atoms with E-state index in [0.717, 1.165) is 32.2 Å². The van der Waals surface area contributed by atoms with Crippen molar-refractivity contribution in [2.45, 2.75) is 38.8 Å². The Morgan fingerprint density at radius 3 is 2.71 bits per heavy atom. The molecule has 3 aromatic rings. The average Bonchev–Trinajstić information content (AvgIpc) is 3.02. The lowest BCUT2D eigenvalue weighted by Crippen LogP contribution is -2.29. The maximum absolute atomic E-state index is 5.96. The van der Waals surface area contributed by atoms with Crippen LogP contribution >= 0.6 is 11.3 Å². The third-order valence-electron chi connectivity index (χ3n) is 4.07. The molecule has 2 aromatic carbocycles. The first-order chi connectivity index (χ1) is 13.2. The van der Waals surface area contributed by atoms with E-state index in [4.69, 9.17) is 20.2 Å². The second-order valence-electron chi connectivity index (χ2n) is 7.67. The van der Waals surface area contributed by atoms with E-state index in [0.29, 0.717) is 12.3 Å². The summed E-state index contributed by atoms with van der Waals surface area (Å²) in [6.07, 6.45) is 0.717. The molecule has 1 unspecified atom stereocenters. The molecule has 3 rings (SSSR count). The zero-order valence-corrected chi connectivity index (χ0v) is 17.6. The molecule has 0 amide bonds. The molecule has 0 spiro atoms. The summed E-state index contributed by atoms with van der Waals surface area (Å²) in [6.45, 7) is 10.0. The van der Waals surface area contributed by atoms with Gasteiger partial charge in [0.05, 0.1) is 23.4 Å². The first kappa shape index (κ1) is 20.0.